The highest BCUT2D eigenvalue weighted by Gasteiger charge is 2.01. The van der Waals surface area contributed by atoms with Crippen molar-refractivity contribution in [1.29, 1.82) is 0 Å². The fraction of sp³-hybridized carbons (Fsp3) is 0.727. The first-order chi connectivity index (χ1) is 6.72. The highest BCUT2D eigenvalue weighted by Crippen LogP contribution is 2.08. The molecule has 1 aromatic rings. The van der Waals surface area contributed by atoms with Crippen molar-refractivity contribution in [2.75, 3.05) is 6.54 Å². The Labute approximate surface area is 90.8 Å². The van der Waals surface area contributed by atoms with Crippen LogP contribution in [0.1, 0.15) is 37.4 Å². The molecule has 1 heterocycles. The fourth-order valence-electron chi connectivity index (χ4n) is 1.53. The van der Waals surface area contributed by atoms with E-state index in [0.717, 1.165) is 24.0 Å². The summed E-state index contributed by atoms with van der Waals surface area (Å²) in [6.45, 7) is 8.60. The molecule has 0 aliphatic carbocycles. The number of hydrogen-bond acceptors (Lipinski definition) is 3. The van der Waals surface area contributed by atoms with Crippen LogP contribution in [0, 0.1) is 12.8 Å². The van der Waals surface area contributed by atoms with E-state index in [1.807, 2.05) is 6.92 Å². The molecule has 1 rings (SSSR count). The molecule has 0 amide bonds. The minimum absolute atomic E-state index is 0.778. The number of nitrogens with zero attached hydrogens (tertiary/aromatic N) is 1. The molecule has 1 N–H and O–H groups in total. The van der Waals surface area contributed by atoms with E-state index in [4.69, 9.17) is 0 Å². The third-order valence-electron chi connectivity index (χ3n) is 2.25. The van der Waals surface area contributed by atoms with Crippen molar-refractivity contribution >= 4 is 11.3 Å². The maximum atomic E-state index is 4.41. The quantitative estimate of drug-likeness (QED) is 0.784. The topological polar surface area (TPSA) is 24.9 Å². The van der Waals surface area contributed by atoms with Gasteiger partial charge in [0.2, 0.25) is 0 Å². The van der Waals surface area contributed by atoms with Gasteiger partial charge in [0.25, 0.3) is 0 Å². The molecule has 1 atom stereocenters. The predicted molar refractivity (Wildman–Crippen MR) is 62.6 cm³/mol. The average molecular weight is 212 g/mol. The highest BCUT2D eigenvalue weighted by molar-refractivity contribution is 7.09. The standard InChI is InChI=1S/C11H20N2S/c1-4-5-9(2)6-12-7-11-8-14-10(3)13-11/h8-9,12H,4-7H2,1-3H3. The van der Waals surface area contributed by atoms with E-state index in [1.165, 1.54) is 18.5 Å². The molecule has 80 valence electrons. The maximum absolute atomic E-state index is 4.41. The smallest absolute Gasteiger partial charge is 0.0897 e. The second-order valence-electron chi connectivity index (χ2n) is 3.88. The van der Waals surface area contributed by atoms with Gasteiger partial charge in [-0.1, -0.05) is 20.3 Å². The Morgan fingerprint density at radius 1 is 1.57 bits per heavy atom. The van der Waals surface area contributed by atoms with Gasteiger partial charge in [-0.2, -0.15) is 0 Å². The summed E-state index contributed by atoms with van der Waals surface area (Å²) in [6, 6.07) is 0. The van der Waals surface area contributed by atoms with Crippen molar-refractivity contribution in [3.8, 4) is 0 Å². The van der Waals surface area contributed by atoms with E-state index >= 15 is 0 Å². The van der Waals surface area contributed by atoms with E-state index in [-0.39, 0.29) is 0 Å². The molecule has 1 aromatic heterocycles. The summed E-state index contributed by atoms with van der Waals surface area (Å²) in [6.07, 6.45) is 2.59. The van der Waals surface area contributed by atoms with Crippen molar-refractivity contribution in [2.45, 2.75) is 40.2 Å². The third-order valence-corrected chi connectivity index (χ3v) is 3.07. The van der Waals surface area contributed by atoms with Gasteiger partial charge in [0.05, 0.1) is 10.7 Å². The van der Waals surface area contributed by atoms with Crippen LogP contribution in [0.3, 0.4) is 0 Å². The van der Waals surface area contributed by atoms with Gasteiger partial charge in [0.15, 0.2) is 0 Å². The summed E-state index contributed by atoms with van der Waals surface area (Å²) in [5.41, 5.74) is 1.18. The lowest BCUT2D eigenvalue weighted by molar-refractivity contribution is 0.474. The van der Waals surface area contributed by atoms with Crippen LogP contribution in [-0.4, -0.2) is 11.5 Å². The van der Waals surface area contributed by atoms with Gasteiger partial charge in [0.1, 0.15) is 0 Å². The molecular weight excluding hydrogens is 192 g/mol. The molecule has 2 nitrogen and oxygen atoms in total. The van der Waals surface area contributed by atoms with Crippen molar-refractivity contribution in [3.63, 3.8) is 0 Å². The molecule has 0 radical (unpaired) electrons. The van der Waals surface area contributed by atoms with E-state index < -0.39 is 0 Å². The number of rotatable bonds is 6. The lowest BCUT2D eigenvalue weighted by Crippen LogP contribution is -2.20. The molecule has 0 saturated heterocycles. The highest BCUT2D eigenvalue weighted by atomic mass is 32.1. The summed E-state index contributed by atoms with van der Waals surface area (Å²) < 4.78 is 0. The molecule has 0 aromatic carbocycles. The largest absolute Gasteiger partial charge is 0.311 e. The summed E-state index contributed by atoms with van der Waals surface area (Å²) in [5, 5.41) is 6.73. The Morgan fingerprint density at radius 2 is 2.36 bits per heavy atom. The van der Waals surface area contributed by atoms with E-state index in [2.05, 4.69) is 29.5 Å². The average Bonchev–Trinajstić information content (AvgIpc) is 2.52. The molecule has 1 unspecified atom stereocenters. The zero-order valence-corrected chi connectivity index (χ0v) is 10.2. The first-order valence-corrected chi connectivity index (χ1v) is 6.22. The van der Waals surface area contributed by atoms with Crippen LogP contribution in [0.5, 0.6) is 0 Å². The molecule has 0 aliphatic rings. The lowest BCUT2D eigenvalue weighted by atomic mass is 10.1. The van der Waals surface area contributed by atoms with Crippen LogP contribution in [-0.2, 0) is 6.54 Å². The number of thiazole rings is 1. The van der Waals surface area contributed by atoms with Gasteiger partial charge in [-0.05, 0) is 25.8 Å². The van der Waals surface area contributed by atoms with Gasteiger partial charge in [-0.25, -0.2) is 4.98 Å². The Hall–Kier alpha value is -0.410. The summed E-state index contributed by atoms with van der Waals surface area (Å²) >= 11 is 1.72. The normalized spacial score (nSPS) is 13.1. The zero-order valence-electron chi connectivity index (χ0n) is 9.34. The van der Waals surface area contributed by atoms with E-state index in [1.54, 1.807) is 11.3 Å². The minimum Gasteiger partial charge on any atom is -0.311 e. The molecule has 0 saturated carbocycles. The van der Waals surface area contributed by atoms with Crippen molar-refractivity contribution < 1.29 is 0 Å². The monoisotopic (exact) mass is 212 g/mol. The second kappa shape index (κ2) is 6.14. The molecular formula is C11H20N2S. The van der Waals surface area contributed by atoms with Crippen LogP contribution < -0.4 is 5.32 Å². The van der Waals surface area contributed by atoms with Gasteiger partial charge in [-0.15, -0.1) is 11.3 Å². The number of nitrogens with one attached hydrogen (secondary N) is 1. The van der Waals surface area contributed by atoms with Crippen molar-refractivity contribution in [1.82, 2.24) is 10.3 Å². The molecule has 0 aliphatic heterocycles. The fourth-order valence-corrected chi connectivity index (χ4v) is 2.14. The van der Waals surface area contributed by atoms with Gasteiger partial charge in [0, 0.05) is 11.9 Å². The van der Waals surface area contributed by atoms with Crippen LogP contribution in [0.2, 0.25) is 0 Å². The van der Waals surface area contributed by atoms with E-state index in [9.17, 15) is 0 Å². The minimum atomic E-state index is 0.778. The number of aromatic nitrogens is 1. The molecule has 0 bridgehead atoms. The third kappa shape index (κ3) is 4.20. The van der Waals surface area contributed by atoms with Crippen molar-refractivity contribution in [2.24, 2.45) is 5.92 Å². The first-order valence-electron chi connectivity index (χ1n) is 5.34. The Bertz CT molecular complexity index is 258. The van der Waals surface area contributed by atoms with Gasteiger partial charge in [-0.3, -0.25) is 0 Å². The Balaban J connectivity index is 2.15. The lowest BCUT2D eigenvalue weighted by Gasteiger charge is -2.09. The Kier molecular flexibility index (Phi) is 5.12. The molecule has 3 heteroatoms. The molecule has 0 fully saturated rings. The summed E-state index contributed by atoms with van der Waals surface area (Å²) in [5.74, 6) is 0.778. The van der Waals surface area contributed by atoms with E-state index in [0.29, 0.717) is 0 Å². The van der Waals surface area contributed by atoms with Crippen LogP contribution in [0.4, 0.5) is 0 Å². The SMILES string of the molecule is CCCC(C)CNCc1csc(C)n1. The Morgan fingerprint density at radius 3 is 2.93 bits per heavy atom. The van der Waals surface area contributed by atoms with Gasteiger partial charge < -0.3 is 5.32 Å². The summed E-state index contributed by atoms with van der Waals surface area (Å²) in [4.78, 5) is 4.41. The van der Waals surface area contributed by atoms with Crippen molar-refractivity contribution in [3.05, 3.63) is 16.1 Å². The zero-order chi connectivity index (χ0) is 10.4. The predicted octanol–water partition coefficient (Wildman–Crippen LogP) is 2.98. The van der Waals surface area contributed by atoms with Crippen LogP contribution >= 0.6 is 11.3 Å². The van der Waals surface area contributed by atoms with Crippen LogP contribution in [0.15, 0.2) is 5.38 Å². The second-order valence-corrected chi connectivity index (χ2v) is 4.94. The summed E-state index contributed by atoms with van der Waals surface area (Å²) in [7, 11) is 0. The molecule has 0 spiro atoms. The first kappa shape index (κ1) is 11.7. The van der Waals surface area contributed by atoms with Crippen LogP contribution in [0.25, 0.3) is 0 Å². The van der Waals surface area contributed by atoms with Gasteiger partial charge >= 0.3 is 0 Å². The maximum Gasteiger partial charge on any atom is 0.0897 e. The molecule has 14 heavy (non-hydrogen) atoms. The number of hydrogen-bond donors (Lipinski definition) is 1. The number of aryl methyl sites for hydroxylation is 1.